The second-order valence-corrected chi connectivity index (χ2v) is 8.38. The van der Waals surface area contributed by atoms with Gasteiger partial charge >= 0.3 is 0 Å². The predicted octanol–water partition coefficient (Wildman–Crippen LogP) is 4.79. The number of carbonyl (C=O) groups is 2. The number of benzene rings is 3. The summed E-state index contributed by atoms with van der Waals surface area (Å²) < 4.78 is 5.28. The zero-order chi connectivity index (χ0) is 24.2. The van der Waals surface area contributed by atoms with Crippen molar-refractivity contribution in [3.05, 3.63) is 102 Å². The van der Waals surface area contributed by atoms with Crippen molar-refractivity contribution in [2.24, 2.45) is 0 Å². The third-order valence-electron chi connectivity index (χ3n) is 5.81. The first-order chi connectivity index (χ1) is 16.6. The average Bonchev–Trinajstić information content (AvgIpc) is 2.87. The van der Waals surface area contributed by atoms with E-state index in [0.29, 0.717) is 19.5 Å². The molecule has 0 fully saturated rings. The summed E-state index contributed by atoms with van der Waals surface area (Å²) in [5.41, 5.74) is 2.89. The van der Waals surface area contributed by atoms with E-state index >= 15 is 0 Å². The topological polar surface area (TPSA) is 58.6 Å². The minimum Gasteiger partial charge on any atom is -0.497 e. The molecule has 0 aromatic heterocycles. The lowest BCUT2D eigenvalue weighted by Gasteiger charge is -2.32. The van der Waals surface area contributed by atoms with Crippen LogP contribution in [0.15, 0.2) is 84.9 Å². The molecular formula is C29H34N2O3. The zero-order valence-corrected chi connectivity index (χ0v) is 20.1. The molecule has 0 spiro atoms. The van der Waals surface area contributed by atoms with Crippen molar-refractivity contribution in [3.8, 4) is 5.75 Å². The molecule has 2 amide bonds. The maximum Gasteiger partial charge on any atom is 0.243 e. The Morgan fingerprint density at radius 3 is 2.06 bits per heavy atom. The summed E-state index contributed by atoms with van der Waals surface area (Å²) in [4.78, 5) is 28.7. The monoisotopic (exact) mass is 458 g/mol. The Morgan fingerprint density at radius 1 is 0.853 bits per heavy atom. The smallest absolute Gasteiger partial charge is 0.243 e. The molecule has 0 radical (unpaired) electrons. The second-order valence-electron chi connectivity index (χ2n) is 8.38. The molecule has 0 aliphatic carbocycles. The molecule has 5 nitrogen and oxygen atoms in total. The van der Waals surface area contributed by atoms with Crippen LogP contribution in [0, 0.1) is 0 Å². The Hall–Kier alpha value is -3.60. The van der Waals surface area contributed by atoms with Crippen LogP contribution in [-0.4, -0.2) is 36.4 Å². The summed E-state index contributed by atoms with van der Waals surface area (Å²) in [5.74, 6) is 0.560. The third kappa shape index (κ3) is 7.48. The molecular weight excluding hydrogens is 424 g/mol. The van der Waals surface area contributed by atoms with Gasteiger partial charge in [0.25, 0.3) is 0 Å². The molecule has 34 heavy (non-hydrogen) atoms. The third-order valence-corrected chi connectivity index (χ3v) is 5.81. The van der Waals surface area contributed by atoms with E-state index in [2.05, 4.69) is 12.2 Å². The summed E-state index contributed by atoms with van der Waals surface area (Å²) in [7, 11) is 1.63. The standard InChI is InChI=1S/C29H34N2O3/c1-3-4-19-30-29(33)27(20-23-11-7-5-8-12-23)31(22-25-15-17-26(34-2)18-16-25)28(32)21-24-13-9-6-10-14-24/h5-18,27H,3-4,19-22H2,1-2H3,(H,30,33)/t27-/m1/s1. The van der Waals surface area contributed by atoms with Crippen molar-refractivity contribution in [1.29, 1.82) is 0 Å². The number of amides is 2. The highest BCUT2D eigenvalue weighted by molar-refractivity contribution is 5.88. The first-order valence-corrected chi connectivity index (χ1v) is 11.9. The van der Waals surface area contributed by atoms with Gasteiger partial charge in [0, 0.05) is 19.5 Å². The van der Waals surface area contributed by atoms with Crippen LogP contribution in [0.2, 0.25) is 0 Å². The van der Waals surface area contributed by atoms with E-state index in [9.17, 15) is 9.59 Å². The number of carbonyl (C=O) groups excluding carboxylic acids is 2. The van der Waals surface area contributed by atoms with Crippen molar-refractivity contribution in [1.82, 2.24) is 10.2 Å². The summed E-state index contributed by atoms with van der Waals surface area (Å²) in [6.07, 6.45) is 2.59. The molecule has 1 atom stereocenters. The van der Waals surface area contributed by atoms with Crippen LogP contribution in [-0.2, 0) is 29.0 Å². The molecule has 0 saturated heterocycles. The summed E-state index contributed by atoms with van der Waals surface area (Å²) in [6, 6.07) is 26.6. The highest BCUT2D eigenvalue weighted by Crippen LogP contribution is 2.18. The van der Waals surface area contributed by atoms with Gasteiger partial charge in [-0.1, -0.05) is 86.1 Å². The number of hydrogen-bond acceptors (Lipinski definition) is 3. The molecule has 0 aliphatic rings. The highest BCUT2D eigenvalue weighted by Gasteiger charge is 2.30. The Kier molecular flexibility index (Phi) is 9.71. The Labute approximate surface area is 202 Å². The number of rotatable bonds is 12. The number of hydrogen-bond donors (Lipinski definition) is 1. The molecule has 3 aromatic rings. The Bertz CT molecular complexity index is 1020. The van der Waals surface area contributed by atoms with Crippen LogP contribution in [0.1, 0.15) is 36.5 Å². The number of nitrogens with one attached hydrogen (secondary N) is 1. The molecule has 1 N–H and O–H groups in total. The fraction of sp³-hybridized carbons (Fsp3) is 0.310. The first kappa shape index (κ1) is 25.0. The van der Waals surface area contributed by atoms with E-state index < -0.39 is 6.04 Å². The minimum atomic E-state index is -0.613. The fourth-order valence-electron chi connectivity index (χ4n) is 3.86. The molecule has 0 heterocycles. The van der Waals surface area contributed by atoms with Crippen molar-refractivity contribution >= 4 is 11.8 Å². The van der Waals surface area contributed by atoms with E-state index in [-0.39, 0.29) is 18.2 Å². The maximum absolute atomic E-state index is 13.6. The zero-order valence-electron chi connectivity index (χ0n) is 20.1. The van der Waals surface area contributed by atoms with Gasteiger partial charge in [0.2, 0.25) is 11.8 Å². The quantitative estimate of drug-likeness (QED) is 0.397. The number of ether oxygens (including phenoxy) is 1. The van der Waals surface area contributed by atoms with E-state index in [0.717, 1.165) is 35.3 Å². The lowest BCUT2D eigenvalue weighted by Crippen LogP contribution is -2.51. The normalized spacial score (nSPS) is 11.5. The SMILES string of the molecule is CCCCNC(=O)[C@@H](Cc1ccccc1)N(Cc1ccc(OC)cc1)C(=O)Cc1ccccc1. The van der Waals surface area contributed by atoms with Crippen LogP contribution in [0.4, 0.5) is 0 Å². The maximum atomic E-state index is 13.6. The lowest BCUT2D eigenvalue weighted by atomic mass is 10.0. The van der Waals surface area contributed by atoms with Crippen LogP contribution in [0.5, 0.6) is 5.75 Å². The average molecular weight is 459 g/mol. The predicted molar refractivity (Wildman–Crippen MR) is 136 cm³/mol. The van der Waals surface area contributed by atoms with Crippen molar-refractivity contribution in [3.63, 3.8) is 0 Å². The van der Waals surface area contributed by atoms with Crippen LogP contribution in [0.3, 0.4) is 0 Å². The van der Waals surface area contributed by atoms with E-state index in [1.807, 2.05) is 84.9 Å². The number of methoxy groups -OCH3 is 1. The van der Waals surface area contributed by atoms with Gasteiger partial charge in [0.15, 0.2) is 0 Å². The van der Waals surface area contributed by atoms with Crippen LogP contribution >= 0.6 is 0 Å². The molecule has 0 unspecified atom stereocenters. The van der Waals surface area contributed by atoms with E-state index in [1.165, 1.54) is 0 Å². The van der Waals surface area contributed by atoms with Gasteiger partial charge in [0.05, 0.1) is 13.5 Å². The summed E-state index contributed by atoms with van der Waals surface area (Å²) >= 11 is 0. The highest BCUT2D eigenvalue weighted by atomic mass is 16.5. The first-order valence-electron chi connectivity index (χ1n) is 11.9. The van der Waals surface area contributed by atoms with E-state index in [1.54, 1.807) is 12.0 Å². The van der Waals surface area contributed by atoms with Crippen molar-refractivity contribution < 1.29 is 14.3 Å². The van der Waals surface area contributed by atoms with E-state index in [4.69, 9.17) is 4.74 Å². The van der Waals surface area contributed by atoms with Crippen LogP contribution < -0.4 is 10.1 Å². The molecule has 0 saturated carbocycles. The van der Waals surface area contributed by atoms with Gasteiger partial charge in [-0.2, -0.15) is 0 Å². The van der Waals surface area contributed by atoms with Gasteiger partial charge in [0.1, 0.15) is 11.8 Å². The van der Waals surface area contributed by atoms with Gasteiger partial charge in [-0.05, 0) is 35.2 Å². The Balaban J connectivity index is 1.92. The summed E-state index contributed by atoms with van der Waals surface area (Å²) in [6.45, 7) is 3.03. The van der Waals surface area contributed by atoms with Crippen molar-refractivity contribution in [2.75, 3.05) is 13.7 Å². The largest absolute Gasteiger partial charge is 0.497 e. The number of nitrogens with zero attached hydrogens (tertiary/aromatic N) is 1. The fourth-order valence-corrected chi connectivity index (χ4v) is 3.86. The summed E-state index contributed by atoms with van der Waals surface area (Å²) in [5, 5.41) is 3.05. The lowest BCUT2D eigenvalue weighted by molar-refractivity contribution is -0.140. The van der Waals surface area contributed by atoms with Crippen LogP contribution in [0.25, 0.3) is 0 Å². The molecule has 0 bridgehead atoms. The molecule has 5 heteroatoms. The minimum absolute atomic E-state index is 0.0754. The van der Waals surface area contributed by atoms with Gasteiger partial charge < -0.3 is 15.0 Å². The van der Waals surface area contributed by atoms with Crippen molar-refractivity contribution in [2.45, 2.75) is 45.2 Å². The molecule has 3 rings (SSSR count). The van der Waals surface area contributed by atoms with Gasteiger partial charge in [-0.25, -0.2) is 0 Å². The molecule has 0 aliphatic heterocycles. The second kappa shape index (κ2) is 13.2. The Morgan fingerprint density at radius 2 is 1.47 bits per heavy atom. The molecule has 3 aromatic carbocycles. The molecule has 178 valence electrons. The number of unbranched alkanes of at least 4 members (excludes halogenated alkanes) is 1. The van der Waals surface area contributed by atoms with Gasteiger partial charge in [-0.3, -0.25) is 9.59 Å². The van der Waals surface area contributed by atoms with Gasteiger partial charge in [-0.15, -0.1) is 0 Å².